The number of hydrogen-bond acceptors (Lipinski definition) is 14. The van der Waals surface area contributed by atoms with Gasteiger partial charge in [-0.3, -0.25) is 33.6 Å². The van der Waals surface area contributed by atoms with Crippen LogP contribution in [0.1, 0.15) is 162 Å². The van der Waals surface area contributed by atoms with E-state index < -0.39 is 150 Å². The van der Waals surface area contributed by atoms with Crippen LogP contribution in [0.4, 0.5) is 9.59 Å². The van der Waals surface area contributed by atoms with E-state index in [9.17, 15) is 65.1 Å². The second kappa shape index (κ2) is 27.6. The van der Waals surface area contributed by atoms with Crippen molar-refractivity contribution in [2.75, 3.05) is 66.5 Å². The van der Waals surface area contributed by atoms with E-state index in [1.54, 1.807) is 0 Å². The van der Waals surface area contributed by atoms with Gasteiger partial charge in [0.15, 0.2) is 6.10 Å². The molecule has 4 aliphatic carbocycles. The van der Waals surface area contributed by atoms with Crippen LogP contribution in [0.3, 0.4) is 0 Å². The lowest BCUT2D eigenvalue weighted by atomic mass is 9.79. The van der Waals surface area contributed by atoms with E-state index in [0.717, 1.165) is 38.5 Å². The second-order valence-electron chi connectivity index (χ2n) is 33.6. The van der Waals surface area contributed by atoms with Crippen molar-refractivity contribution in [2.24, 2.45) is 79.5 Å². The van der Waals surface area contributed by atoms with Crippen LogP contribution in [0.2, 0.25) is 0 Å². The van der Waals surface area contributed by atoms with Gasteiger partial charge in [0.2, 0.25) is 35.3 Å². The van der Waals surface area contributed by atoms with Gasteiger partial charge in [0.25, 0.3) is 26.3 Å². The van der Waals surface area contributed by atoms with Crippen LogP contribution in [-0.4, -0.2) is 223 Å². The number of nitrogens with zero attached hydrogens (tertiary/aromatic N) is 6. The molecule has 10 amide bonds. The average molecular weight is 1370 g/mol. The van der Waals surface area contributed by atoms with Crippen molar-refractivity contribution >= 4 is 73.7 Å². The number of aliphatic hydroxyl groups excluding tert-OH is 1. The van der Waals surface area contributed by atoms with E-state index in [-0.39, 0.29) is 59.4 Å². The monoisotopic (exact) mass is 1360 g/mol. The molecule has 8 fully saturated rings. The Labute approximate surface area is 557 Å². The van der Waals surface area contributed by atoms with Crippen LogP contribution in [0, 0.1) is 68.0 Å². The van der Waals surface area contributed by atoms with Gasteiger partial charge >= 0.3 is 12.1 Å². The number of carbonyl (C=O) groups excluding carboxylic acids is 9. The van der Waals surface area contributed by atoms with E-state index >= 15 is 0 Å². The van der Waals surface area contributed by atoms with Gasteiger partial charge in [-0.2, -0.15) is 34.1 Å². The zero-order valence-corrected chi connectivity index (χ0v) is 60.5. The highest BCUT2D eigenvalue weighted by molar-refractivity contribution is 7.87. The van der Waals surface area contributed by atoms with Crippen LogP contribution in [0.25, 0.3) is 0 Å². The number of primary amides is 2. The summed E-state index contributed by atoms with van der Waals surface area (Å²) in [4.78, 5) is 123. The Morgan fingerprint density at radius 3 is 1.18 bits per heavy atom. The van der Waals surface area contributed by atoms with Crippen molar-refractivity contribution in [3.63, 3.8) is 0 Å². The molecule has 94 heavy (non-hydrogen) atoms. The molecule has 0 aromatic carbocycles. The van der Waals surface area contributed by atoms with E-state index in [1.165, 1.54) is 41.1 Å². The van der Waals surface area contributed by atoms with Gasteiger partial charge in [0.05, 0.1) is 12.1 Å². The molecule has 0 radical (unpaired) electrons. The summed E-state index contributed by atoms with van der Waals surface area (Å²) < 4.78 is 56.3. The van der Waals surface area contributed by atoms with Crippen molar-refractivity contribution in [3.05, 3.63) is 0 Å². The summed E-state index contributed by atoms with van der Waals surface area (Å²) in [6, 6.07) is -8.07. The first-order valence-electron chi connectivity index (χ1n) is 33.5. The van der Waals surface area contributed by atoms with E-state index in [0.29, 0.717) is 52.1 Å². The minimum absolute atomic E-state index is 0.0550. The molecule has 8 rings (SSSR count). The number of carbonyl (C=O) groups is 9. The first-order valence-corrected chi connectivity index (χ1v) is 36.3. The smallest absolute Gasteiger partial charge is 0.315 e. The first kappa shape index (κ1) is 76.1. The minimum Gasteiger partial charge on any atom is -0.381 e. The van der Waals surface area contributed by atoms with E-state index in [4.69, 9.17) is 11.5 Å². The Balaban J connectivity index is 0.000000266. The minimum atomic E-state index is -3.63. The van der Waals surface area contributed by atoms with Gasteiger partial charge < -0.3 is 58.3 Å². The molecular formula is C64H112N14O14S2. The number of aliphatic hydroxyl groups is 1. The molecule has 28 nitrogen and oxygen atoms in total. The molecule has 30 heteroatoms. The lowest BCUT2D eigenvalue weighted by Crippen LogP contribution is -2.63. The third-order valence-electron chi connectivity index (χ3n) is 22.0. The summed E-state index contributed by atoms with van der Waals surface area (Å²) in [7, 11) is -4.21. The number of amides is 10. The number of hydrogen-bond donors (Lipinski definition) is 9. The quantitative estimate of drug-likeness (QED) is 0.0693. The summed E-state index contributed by atoms with van der Waals surface area (Å²) in [6.45, 7) is 32.7. The second-order valence-corrected chi connectivity index (χ2v) is 37.7. The lowest BCUT2D eigenvalue weighted by Gasteiger charge is -2.39. The SMILES string of the molecule is CN1CCN(C[C@@H](NC(=O)N[C@H](C(=O)N2C[C@H]3[C@@H]([C@H]2C(=O)NC(CC2CCC2)C(=O)C(N)=O)C3(C)C)C(C)(C)C)C(C)(C)C)S1(=O)=O.CN1CCN(C[C@@H](NC(=O)N[C@H](C(=O)N2C[C@H]3[C@@H]([C@H]2C(=O)NC(CC2CCC2)C(O)C(N)=O)C3(C)C)C(C)(C)C)C(C)(C)C)S1(=O)=O. The van der Waals surface area contributed by atoms with Crippen LogP contribution >= 0.6 is 0 Å². The van der Waals surface area contributed by atoms with Gasteiger partial charge in [0, 0.05) is 78.5 Å². The number of nitrogens with two attached hydrogens (primary N) is 2. The normalized spacial score (nSPS) is 28.0. The highest BCUT2D eigenvalue weighted by Gasteiger charge is 2.71. The summed E-state index contributed by atoms with van der Waals surface area (Å²) >= 11 is 0. The summed E-state index contributed by atoms with van der Waals surface area (Å²) in [5.74, 6) is -4.30. The Morgan fingerprint density at radius 2 is 0.883 bits per heavy atom. The molecule has 534 valence electrons. The van der Waals surface area contributed by atoms with Gasteiger partial charge in [-0.15, -0.1) is 0 Å². The fraction of sp³-hybridized carbons (Fsp3) is 0.859. The summed E-state index contributed by atoms with van der Waals surface area (Å²) in [5, 5.41) is 27.8. The maximum absolute atomic E-state index is 14.4. The Morgan fingerprint density at radius 1 is 0.521 bits per heavy atom. The topological polar surface area (TPSA) is 386 Å². The number of nitrogens with one attached hydrogen (secondary N) is 6. The Bertz CT molecular complexity index is 3130. The Kier molecular flexibility index (Phi) is 22.3. The molecule has 0 aromatic heterocycles. The number of likely N-dealkylation sites (N-methyl/N-ethyl adjacent to an activating group) is 2. The van der Waals surface area contributed by atoms with Gasteiger partial charge in [0.1, 0.15) is 24.2 Å². The molecule has 8 aliphatic rings. The van der Waals surface area contributed by atoms with Crippen LogP contribution in [-0.2, 0) is 54.0 Å². The number of urea groups is 2. The molecule has 0 bridgehead atoms. The zero-order chi connectivity index (χ0) is 70.9. The predicted octanol–water partition coefficient (Wildman–Crippen LogP) is 1.43. The van der Waals surface area contributed by atoms with Crippen molar-refractivity contribution in [1.82, 2.24) is 58.9 Å². The number of fused-ring (bicyclic) bond motifs is 2. The first-order chi connectivity index (χ1) is 42.9. The van der Waals surface area contributed by atoms with Crippen molar-refractivity contribution in [1.29, 1.82) is 0 Å². The Hall–Kier alpha value is -5.27. The summed E-state index contributed by atoms with van der Waals surface area (Å²) in [5.41, 5.74) is 7.84. The van der Waals surface area contributed by atoms with Gasteiger partial charge in [-0.1, -0.05) is 149 Å². The third-order valence-corrected chi connectivity index (χ3v) is 25.9. The summed E-state index contributed by atoms with van der Waals surface area (Å²) in [6.07, 6.45) is 4.99. The molecular weight excluding hydrogens is 1250 g/mol. The standard InChI is InChI=1S/C32H57N7O7S.C32H55N7O7S/c2*1-30(2,3)21(17-38-14-13-37(9)47(38,45)46)35-29(44)36-25(31(4,5)6)28(43)39-16-19-22(32(19,7)8)23(39)27(42)34-20(24(40)26(33)41)15-18-11-10-12-18/h18-25,40H,10-17H2,1-9H3,(H2,33,41)(H,34,42)(H2,35,36,44);18-23,25H,10-17H2,1-9H3,(H2,33,41)(H,34,42)(H2,35,36,44)/t19-,20?,21+,22-,23-,24?,25+;19-,20?,21+,22-,23-,25+/m00/s1. The largest absolute Gasteiger partial charge is 0.381 e. The predicted molar refractivity (Wildman–Crippen MR) is 352 cm³/mol. The van der Waals surface area contributed by atoms with Crippen LogP contribution in [0.5, 0.6) is 0 Å². The molecule has 4 saturated carbocycles. The fourth-order valence-corrected chi connectivity index (χ4v) is 17.4. The highest BCUT2D eigenvalue weighted by atomic mass is 32.2. The highest BCUT2D eigenvalue weighted by Crippen LogP contribution is 2.66. The number of rotatable bonds is 22. The molecule has 4 saturated heterocycles. The van der Waals surface area contributed by atoms with Gasteiger partial charge in [-0.05, 0) is 80.8 Å². The number of ketones is 1. The molecule has 0 spiro atoms. The van der Waals surface area contributed by atoms with E-state index in [2.05, 4.69) is 45.7 Å². The van der Waals surface area contributed by atoms with Crippen LogP contribution in [0.15, 0.2) is 0 Å². The molecule has 13 atom stereocenters. The van der Waals surface area contributed by atoms with Crippen molar-refractivity contribution < 1.29 is 65.1 Å². The molecule has 11 N–H and O–H groups in total. The van der Waals surface area contributed by atoms with Crippen molar-refractivity contribution in [2.45, 2.75) is 217 Å². The number of piperidine rings is 2. The number of likely N-dealkylation sites (tertiary alicyclic amines) is 2. The lowest BCUT2D eigenvalue weighted by molar-refractivity contribution is -0.145. The molecule has 4 aliphatic heterocycles. The maximum atomic E-state index is 14.4. The average Bonchev–Trinajstić information content (AvgIpc) is 1.53. The maximum Gasteiger partial charge on any atom is 0.315 e. The van der Waals surface area contributed by atoms with Crippen molar-refractivity contribution in [3.8, 4) is 0 Å². The fourth-order valence-electron chi connectivity index (χ4n) is 14.7. The third kappa shape index (κ3) is 16.5. The zero-order valence-electron chi connectivity index (χ0n) is 58.9. The number of Topliss-reactive ketones (excluding diaryl/α,β-unsaturated/α-hetero) is 1. The molecule has 0 aromatic rings. The van der Waals surface area contributed by atoms with Gasteiger partial charge in [-0.25, -0.2) is 9.59 Å². The van der Waals surface area contributed by atoms with E-state index in [1.807, 2.05) is 96.9 Å². The van der Waals surface area contributed by atoms with Crippen LogP contribution < -0.4 is 43.4 Å². The molecule has 4 heterocycles. The molecule has 3 unspecified atom stereocenters.